The lowest BCUT2D eigenvalue weighted by Gasteiger charge is -2.33. The second kappa shape index (κ2) is 6.62. The highest BCUT2D eigenvalue weighted by molar-refractivity contribution is 5.48. The number of nitrogens with one attached hydrogen (secondary N) is 1. The first-order valence-electron chi connectivity index (χ1n) is 6.94. The number of hydrogen-bond acceptors (Lipinski definition) is 3. The zero-order valence-corrected chi connectivity index (χ0v) is 12.0. The van der Waals surface area contributed by atoms with Gasteiger partial charge in [-0.1, -0.05) is 18.2 Å². The number of anilines is 1. The van der Waals surface area contributed by atoms with Crippen LogP contribution in [0.2, 0.25) is 0 Å². The Morgan fingerprint density at radius 3 is 2.79 bits per heavy atom. The summed E-state index contributed by atoms with van der Waals surface area (Å²) in [6, 6.07) is 8.72. The minimum Gasteiger partial charge on any atom is -0.497 e. The van der Waals surface area contributed by atoms with E-state index in [0.29, 0.717) is 6.04 Å². The van der Waals surface area contributed by atoms with Crippen molar-refractivity contribution in [3.05, 3.63) is 36.4 Å². The standard InChI is InChI=1S/C16H24N2O/c1-13(2)12-18-9-7-14(8-10-18)17-15-5-4-6-16(11-15)19-3/h4-6,11,14,17H,1,7-10,12H2,2-3H3. The molecular weight excluding hydrogens is 236 g/mol. The fraction of sp³-hybridized carbons (Fsp3) is 0.500. The van der Waals surface area contributed by atoms with E-state index in [1.807, 2.05) is 12.1 Å². The van der Waals surface area contributed by atoms with Crippen molar-refractivity contribution in [2.45, 2.75) is 25.8 Å². The van der Waals surface area contributed by atoms with Crippen molar-refractivity contribution in [1.82, 2.24) is 4.90 Å². The van der Waals surface area contributed by atoms with Gasteiger partial charge in [-0.15, -0.1) is 0 Å². The van der Waals surface area contributed by atoms with Crippen LogP contribution in [0, 0.1) is 0 Å². The van der Waals surface area contributed by atoms with Crippen LogP contribution in [-0.2, 0) is 0 Å². The second-order valence-electron chi connectivity index (χ2n) is 5.38. The Bertz CT molecular complexity index is 423. The normalized spacial score (nSPS) is 17.2. The van der Waals surface area contributed by atoms with Crippen molar-refractivity contribution in [3.8, 4) is 5.75 Å². The first kappa shape index (κ1) is 13.9. The number of rotatable bonds is 5. The van der Waals surface area contributed by atoms with Gasteiger partial charge in [-0.25, -0.2) is 0 Å². The Hall–Kier alpha value is -1.48. The van der Waals surface area contributed by atoms with Crippen molar-refractivity contribution in [3.63, 3.8) is 0 Å². The van der Waals surface area contributed by atoms with Gasteiger partial charge in [0.2, 0.25) is 0 Å². The maximum atomic E-state index is 5.25. The first-order valence-corrected chi connectivity index (χ1v) is 6.94. The molecule has 0 aliphatic carbocycles. The number of methoxy groups -OCH3 is 1. The van der Waals surface area contributed by atoms with E-state index in [9.17, 15) is 0 Å². The van der Waals surface area contributed by atoms with E-state index in [0.717, 1.165) is 31.1 Å². The summed E-state index contributed by atoms with van der Waals surface area (Å²) in [5, 5.41) is 3.60. The smallest absolute Gasteiger partial charge is 0.120 e. The first-order chi connectivity index (χ1) is 9.17. The lowest BCUT2D eigenvalue weighted by atomic mass is 10.0. The summed E-state index contributed by atoms with van der Waals surface area (Å²) in [6.45, 7) is 9.41. The molecule has 1 heterocycles. The molecule has 0 atom stereocenters. The second-order valence-corrected chi connectivity index (χ2v) is 5.38. The van der Waals surface area contributed by atoms with Crippen molar-refractivity contribution in [2.24, 2.45) is 0 Å². The fourth-order valence-corrected chi connectivity index (χ4v) is 2.57. The zero-order chi connectivity index (χ0) is 13.7. The molecule has 2 rings (SSSR count). The Morgan fingerprint density at radius 1 is 1.42 bits per heavy atom. The van der Waals surface area contributed by atoms with Crippen molar-refractivity contribution < 1.29 is 4.74 Å². The molecule has 1 aromatic rings. The molecule has 0 spiro atoms. The van der Waals surface area contributed by atoms with Crippen LogP contribution in [0.3, 0.4) is 0 Å². The number of hydrogen-bond donors (Lipinski definition) is 1. The van der Waals surface area contributed by atoms with Crippen molar-refractivity contribution in [2.75, 3.05) is 32.1 Å². The molecule has 0 unspecified atom stereocenters. The third-order valence-electron chi connectivity index (χ3n) is 3.52. The van der Waals surface area contributed by atoms with Gasteiger partial charge in [-0.05, 0) is 31.9 Å². The summed E-state index contributed by atoms with van der Waals surface area (Å²) >= 11 is 0. The van der Waals surface area contributed by atoms with E-state index in [2.05, 4.69) is 35.9 Å². The molecule has 0 aromatic heterocycles. The molecule has 1 aliphatic heterocycles. The summed E-state index contributed by atoms with van der Waals surface area (Å²) in [7, 11) is 1.70. The van der Waals surface area contributed by atoms with Gasteiger partial charge in [0.25, 0.3) is 0 Å². The maximum Gasteiger partial charge on any atom is 0.120 e. The minimum atomic E-state index is 0.563. The quantitative estimate of drug-likeness (QED) is 0.823. The molecule has 1 aromatic carbocycles. The summed E-state index contributed by atoms with van der Waals surface area (Å²) in [4.78, 5) is 2.48. The molecular formula is C16H24N2O. The maximum absolute atomic E-state index is 5.25. The van der Waals surface area contributed by atoms with Crippen LogP contribution < -0.4 is 10.1 Å². The Kier molecular flexibility index (Phi) is 4.86. The predicted molar refractivity (Wildman–Crippen MR) is 80.9 cm³/mol. The molecule has 3 nitrogen and oxygen atoms in total. The van der Waals surface area contributed by atoms with Crippen LogP contribution in [-0.4, -0.2) is 37.7 Å². The SMILES string of the molecule is C=C(C)CN1CCC(Nc2cccc(OC)c2)CC1. The van der Waals surface area contributed by atoms with Crippen LogP contribution >= 0.6 is 0 Å². The van der Waals surface area contributed by atoms with Crippen molar-refractivity contribution in [1.29, 1.82) is 0 Å². The van der Waals surface area contributed by atoms with E-state index in [1.165, 1.54) is 18.4 Å². The molecule has 3 heteroatoms. The average molecular weight is 260 g/mol. The van der Waals surface area contributed by atoms with Gasteiger partial charge in [0, 0.05) is 37.4 Å². The molecule has 0 bridgehead atoms. The van der Waals surface area contributed by atoms with Crippen molar-refractivity contribution >= 4 is 5.69 Å². The molecule has 0 saturated carbocycles. The number of piperidine rings is 1. The molecule has 1 N–H and O–H groups in total. The molecule has 1 fully saturated rings. The lowest BCUT2D eigenvalue weighted by Crippen LogP contribution is -2.39. The predicted octanol–water partition coefficient (Wildman–Crippen LogP) is 3.15. The Morgan fingerprint density at radius 2 is 2.16 bits per heavy atom. The summed E-state index contributed by atoms with van der Waals surface area (Å²) < 4.78 is 5.25. The highest BCUT2D eigenvalue weighted by atomic mass is 16.5. The van der Waals surface area contributed by atoms with E-state index in [1.54, 1.807) is 7.11 Å². The van der Waals surface area contributed by atoms with Gasteiger partial charge in [0.1, 0.15) is 5.75 Å². The highest BCUT2D eigenvalue weighted by Gasteiger charge is 2.18. The third-order valence-corrected chi connectivity index (χ3v) is 3.52. The Balaban J connectivity index is 1.83. The van der Waals surface area contributed by atoms with Crippen LogP contribution in [0.15, 0.2) is 36.4 Å². The number of likely N-dealkylation sites (tertiary alicyclic amines) is 1. The van der Waals surface area contributed by atoms with E-state index in [-0.39, 0.29) is 0 Å². The van der Waals surface area contributed by atoms with Gasteiger partial charge in [0.15, 0.2) is 0 Å². The monoisotopic (exact) mass is 260 g/mol. The summed E-state index contributed by atoms with van der Waals surface area (Å²) in [6.07, 6.45) is 2.37. The fourth-order valence-electron chi connectivity index (χ4n) is 2.57. The molecule has 0 radical (unpaired) electrons. The highest BCUT2D eigenvalue weighted by Crippen LogP contribution is 2.21. The molecule has 19 heavy (non-hydrogen) atoms. The van der Waals surface area contributed by atoms with Gasteiger partial charge < -0.3 is 10.1 Å². The Labute approximate surface area is 116 Å². The molecule has 1 aliphatic rings. The van der Waals surface area contributed by atoms with Crippen LogP contribution in [0.4, 0.5) is 5.69 Å². The van der Waals surface area contributed by atoms with Crippen LogP contribution in [0.1, 0.15) is 19.8 Å². The molecule has 0 amide bonds. The number of benzene rings is 1. The van der Waals surface area contributed by atoms with E-state index >= 15 is 0 Å². The lowest BCUT2D eigenvalue weighted by molar-refractivity contribution is 0.236. The largest absolute Gasteiger partial charge is 0.497 e. The molecule has 1 saturated heterocycles. The number of ether oxygens (including phenoxy) is 1. The minimum absolute atomic E-state index is 0.563. The number of nitrogens with zero attached hydrogens (tertiary/aromatic N) is 1. The molecule has 104 valence electrons. The average Bonchev–Trinajstić information content (AvgIpc) is 2.41. The van der Waals surface area contributed by atoms with E-state index in [4.69, 9.17) is 4.74 Å². The van der Waals surface area contributed by atoms with Crippen LogP contribution in [0.5, 0.6) is 5.75 Å². The van der Waals surface area contributed by atoms with Gasteiger partial charge >= 0.3 is 0 Å². The van der Waals surface area contributed by atoms with E-state index < -0.39 is 0 Å². The van der Waals surface area contributed by atoms with Crippen LogP contribution in [0.25, 0.3) is 0 Å². The summed E-state index contributed by atoms with van der Waals surface area (Å²) in [5.41, 5.74) is 2.40. The van der Waals surface area contributed by atoms with Gasteiger partial charge in [-0.2, -0.15) is 0 Å². The van der Waals surface area contributed by atoms with Gasteiger partial charge in [-0.3, -0.25) is 4.90 Å². The zero-order valence-electron chi connectivity index (χ0n) is 12.0. The topological polar surface area (TPSA) is 24.5 Å². The van der Waals surface area contributed by atoms with Gasteiger partial charge in [0.05, 0.1) is 7.11 Å². The summed E-state index contributed by atoms with van der Waals surface area (Å²) in [5.74, 6) is 0.907. The third kappa shape index (κ3) is 4.28.